The van der Waals surface area contributed by atoms with Gasteiger partial charge in [0.25, 0.3) is 0 Å². The maximum atomic E-state index is 11.6. The average Bonchev–Trinajstić information content (AvgIpc) is 2.45. The molecule has 2 atom stereocenters. The van der Waals surface area contributed by atoms with Gasteiger partial charge in [0.1, 0.15) is 12.0 Å². The number of aliphatic carboxylic acids is 1. The highest BCUT2D eigenvalue weighted by Gasteiger charge is 2.20. The number of rotatable bonds is 1. The lowest BCUT2D eigenvalue weighted by Gasteiger charge is -2.16. The summed E-state index contributed by atoms with van der Waals surface area (Å²) in [6.45, 7) is 1.61. The molecule has 0 radical (unpaired) electrons. The summed E-state index contributed by atoms with van der Waals surface area (Å²) < 4.78 is 15.7. The Bertz CT molecular complexity index is 331. The number of carboxylic acid groups (broad SMARTS) is 1. The van der Waals surface area contributed by atoms with Crippen molar-refractivity contribution in [1.29, 1.82) is 0 Å². The van der Waals surface area contributed by atoms with E-state index in [2.05, 4.69) is 5.32 Å². The molecule has 1 saturated heterocycles. The SMILES string of the molecule is N[C@@H]1CCSC(C(=O)O)COCCOCCOCNC1=O. The molecule has 0 aromatic carbocycles. The van der Waals surface area contributed by atoms with E-state index in [9.17, 15) is 9.59 Å². The molecule has 1 fully saturated rings. The predicted molar refractivity (Wildman–Crippen MR) is 77.1 cm³/mol. The zero-order valence-electron chi connectivity index (χ0n) is 11.8. The summed E-state index contributed by atoms with van der Waals surface area (Å²) in [4.78, 5) is 22.7. The van der Waals surface area contributed by atoms with Crippen molar-refractivity contribution in [2.45, 2.75) is 17.7 Å². The lowest BCUT2D eigenvalue weighted by Crippen LogP contribution is -2.42. The van der Waals surface area contributed by atoms with Gasteiger partial charge in [0.2, 0.25) is 5.91 Å². The molecule has 122 valence electrons. The number of hydrogen-bond donors (Lipinski definition) is 3. The molecule has 0 aromatic heterocycles. The molecule has 0 aliphatic carbocycles. The Morgan fingerprint density at radius 2 is 1.90 bits per heavy atom. The highest BCUT2D eigenvalue weighted by molar-refractivity contribution is 8.00. The van der Waals surface area contributed by atoms with E-state index in [1.807, 2.05) is 0 Å². The van der Waals surface area contributed by atoms with Crippen LogP contribution in [-0.4, -0.2) is 73.8 Å². The van der Waals surface area contributed by atoms with Gasteiger partial charge >= 0.3 is 5.97 Å². The van der Waals surface area contributed by atoms with Crippen LogP contribution in [-0.2, 0) is 23.8 Å². The summed E-state index contributed by atoms with van der Waals surface area (Å²) >= 11 is 1.21. The van der Waals surface area contributed by atoms with Crippen molar-refractivity contribution in [3.05, 3.63) is 0 Å². The minimum Gasteiger partial charge on any atom is -0.480 e. The second kappa shape index (κ2) is 10.8. The van der Waals surface area contributed by atoms with Crippen LogP contribution in [0.5, 0.6) is 0 Å². The molecule has 1 unspecified atom stereocenters. The second-order valence-electron chi connectivity index (χ2n) is 4.37. The lowest BCUT2D eigenvalue weighted by atomic mass is 10.2. The number of nitrogens with one attached hydrogen (secondary N) is 1. The van der Waals surface area contributed by atoms with Crippen molar-refractivity contribution in [2.24, 2.45) is 5.73 Å². The van der Waals surface area contributed by atoms with Crippen LogP contribution >= 0.6 is 11.8 Å². The van der Waals surface area contributed by atoms with Crippen LogP contribution in [0.25, 0.3) is 0 Å². The number of nitrogens with two attached hydrogens (primary N) is 1. The third kappa shape index (κ3) is 8.22. The minimum atomic E-state index is -0.937. The van der Waals surface area contributed by atoms with Crippen LogP contribution in [0.3, 0.4) is 0 Å². The summed E-state index contributed by atoms with van der Waals surface area (Å²) in [5.74, 6) is -0.785. The largest absolute Gasteiger partial charge is 0.480 e. The Morgan fingerprint density at radius 3 is 2.62 bits per heavy atom. The fraction of sp³-hybridized carbons (Fsp3) is 0.833. The zero-order chi connectivity index (χ0) is 15.5. The fourth-order valence-electron chi connectivity index (χ4n) is 1.51. The van der Waals surface area contributed by atoms with Gasteiger partial charge in [-0.25, -0.2) is 0 Å². The predicted octanol–water partition coefficient (Wildman–Crippen LogP) is -0.973. The summed E-state index contributed by atoms with van der Waals surface area (Å²) in [6, 6.07) is -0.680. The first-order valence-electron chi connectivity index (χ1n) is 6.72. The molecule has 0 aromatic rings. The smallest absolute Gasteiger partial charge is 0.319 e. The summed E-state index contributed by atoms with van der Waals surface area (Å²) in [5.41, 5.74) is 5.72. The van der Waals surface area contributed by atoms with Gasteiger partial charge in [0.05, 0.1) is 39.1 Å². The molecule has 1 aliphatic heterocycles. The van der Waals surface area contributed by atoms with Crippen LogP contribution in [0.15, 0.2) is 0 Å². The third-order valence-electron chi connectivity index (χ3n) is 2.72. The molecular formula is C12H22N2O6S. The molecule has 0 saturated carbocycles. The molecule has 21 heavy (non-hydrogen) atoms. The molecule has 1 heterocycles. The first-order chi connectivity index (χ1) is 10.1. The van der Waals surface area contributed by atoms with Crippen LogP contribution in [0, 0.1) is 0 Å². The van der Waals surface area contributed by atoms with E-state index in [4.69, 9.17) is 25.1 Å². The van der Waals surface area contributed by atoms with Crippen molar-refractivity contribution in [3.8, 4) is 0 Å². The van der Waals surface area contributed by atoms with Crippen molar-refractivity contribution in [1.82, 2.24) is 5.32 Å². The standard InChI is InChI=1S/C12H22N2O6S/c13-9-1-6-21-10(12(16)17)7-19-4-2-18-3-5-20-8-14-11(9)15/h9-10H,1-8,13H2,(H,14,15)(H,16,17)/t9-,10?/m1/s1. The first-order valence-corrected chi connectivity index (χ1v) is 7.77. The van der Waals surface area contributed by atoms with E-state index < -0.39 is 17.3 Å². The van der Waals surface area contributed by atoms with E-state index >= 15 is 0 Å². The number of carbonyl (C=O) groups is 2. The monoisotopic (exact) mass is 322 g/mol. The molecule has 1 rings (SSSR count). The van der Waals surface area contributed by atoms with E-state index in [0.29, 0.717) is 38.6 Å². The van der Waals surface area contributed by atoms with E-state index in [1.54, 1.807) is 0 Å². The van der Waals surface area contributed by atoms with Gasteiger partial charge in [0.15, 0.2) is 0 Å². The molecule has 8 nitrogen and oxygen atoms in total. The van der Waals surface area contributed by atoms with Crippen molar-refractivity contribution >= 4 is 23.6 Å². The van der Waals surface area contributed by atoms with E-state index in [0.717, 1.165) is 0 Å². The number of hydrogen-bond acceptors (Lipinski definition) is 7. The maximum absolute atomic E-state index is 11.6. The number of thioether (sulfide) groups is 1. The Labute approximate surface area is 127 Å². The number of amides is 1. The average molecular weight is 322 g/mol. The molecule has 1 aliphatic rings. The summed E-state index contributed by atoms with van der Waals surface area (Å²) in [6.07, 6.45) is 0.392. The Hall–Kier alpha value is -0.870. The number of ether oxygens (including phenoxy) is 3. The first kappa shape index (κ1) is 18.2. The highest BCUT2D eigenvalue weighted by Crippen LogP contribution is 2.14. The van der Waals surface area contributed by atoms with Crippen molar-refractivity contribution in [3.63, 3.8) is 0 Å². The summed E-state index contributed by atoms with van der Waals surface area (Å²) in [7, 11) is 0. The number of carboxylic acids is 1. The minimum absolute atomic E-state index is 0.0806. The number of carbonyl (C=O) groups excluding carboxylic acids is 1. The Morgan fingerprint density at radius 1 is 1.24 bits per heavy atom. The quantitative estimate of drug-likeness (QED) is 0.564. The second-order valence-corrected chi connectivity index (χ2v) is 5.68. The molecule has 4 N–H and O–H groups in total. The van der Waals surface area contributed by atoms with Crippen LogP contribution in [0.1, 0.15) is 6.42 Å². The van der Waals surface area contributed by atoms with Gasteiger partial charge < -0.3 is 30.4 Å². The van der Waals surface area contributed by atoms with E-state index in [1.165, 1.54) is 11.8 Å². The Balaban J connectivity index is 2.44. The van der Waals surface area contributed by atoms with Gasteiger partial charge in [-0.05, 0) is 12.2 Å². The van der Waals surface area contributed by atoms with Crippen LogP contribution in [0.4, 0.5) is 0 Å². The van der Waals surface area contributed by atoms with E-state index in [-0.39, 0.29) is 19.2 Å². The van der Waals surface area contributed by atoms with Gasteiger partial charge in [-0.3, -0.25) is 9.59 Å². The normalized spacial score (nSPS) is 27.8. The molecule has 0 spiro atoms. The van der Waals surface area contributed by atoms with Crippen molar-refractivity contribution < 1.29 is 28.9 Å². The third-order valence-corrected chi connectivity index (χ3v) is 3.93. The molecule has 0 bridgehead atoms. The lowest BCUT2D eigenvalue weighted by molar-refractivity contribution is -0.137. The molecular weight excluding hydrogens is 300 g/mol. The highest BCUT2D eigenvalue weighted by atomic mass is 32.2. The van der Waals surface area contributed by atoms with Gasteiger partial charge in [0, 0.05) is 0 Å². The molecule has 1 amide bonds. The summed E-state index contributed by atoms with van der Waals surface area (Å²) in [5, 5.41) is 11.0. The van der Waals surface area contributed by atoms with Gasteiger partial charge in [-0.2, -0.15) is 0 Å². The van der Waals surface area contributed by atoms with Gasteiger partial charge in [-0.1, -0.05) is 0 Å². The fourth-order valence-corrected chi connectivity index (χ4v) is 2.52. The van der Waals surface area contributed by atoms with Crippen molar-refractivity contribution in [2.75, 3.05) is 45.5 Å². The van der Waals surface area contributed by atoms with Crippen LogP contribution < -0.4 is 11.1 Å². The topological polar surface area (TPSA) is 120 Å². The maximum Gasteiger partial charge on any atom is 0.319 e. The Kier molecular flexibility index (Phi) is 9.35. The van der Waals surface area contributed by atoms with Gasteiger partial charge in [-0.15, -0.1) is 11.8 Å². The van der Waals surface area contributed by atoms with Crippen LogP contribution in [0.2, 0.25) is 0 Å². The zero-order valence-corrected chi connectivity index (χ0v) is 12.6. The molecule has 9 heteroatoms.